The monoisotopic (exact) mass is 219 g/mol. The molecule has 2 aromatic rings. The summed E-state index contributed by atoms with van der Waals surface area (Å²) < 4.78 is 0. The lowest BCUT2D eigenvalue weighted by Gasteiger charge is -2.16. The fourth-order valence-electron chi connectivity index (χ4n) is 1.67. The minimum absolute atomic E-state index is 0.225. The van der Waals surface area contributed by atoms with Gasteiger partial charge < -0.3 is 10.8 Å². The van der Waals surface area contributed by atoms with E-state index in [4.69, 9.17) is 10.8 Å². The van der Waals surface area contributed by atoms with Crippen LogP contribution < -0.4 is 5.73 Å². The molecule has 16 heavy (non-hydrogen) atoms. The van der Waals surface area contributed by atoms with E-state index in [2.05, 4.69) is 10.2 Å². The topological polar surface area (TPSA) is 92.0 Å². The highest BCUT2D eigenvalue weighted by atomic mass is 16.4. The zero-order valence-corrected chi connectivity index (χ0v) is 8.84. The van der Waals surface area contributed by atoms with Gasteiger partial charge in [0.15, 0.2) is 0 Å². The van der Waals surface area contributed by atoms with Gasteiger partial charge in [0.2, 0.25) is 0 Å². The summed E-state index contributed by atoms with van der Waals surface area (Å²) in [4.78, 5) is 10.8. The molecule has 0 fully saturated rings. The van der Waals surface area contributed by atoms with Crippen molar-refractivity contribution in [1.29, 1.82) is 0 Å². The molecular weight excluding hydrogens is 206 g/mol. The average molecular weight is 219 g/mol. The lowest BCUT2D eigenvalue weighted by molar-refractivity contribution is -0.139. The van der Waals surface area contributed by atoms with Crippen LogP contribution in [0.15, 0.2) is 24.4 Å². The van der Waals surface area contributed by atoms with Crippen molar-refractivity contribution in [3.63, 3.8) is 0 Å². The smallest absolute Gasteiger partial charge is 0.321 e. The van der Waals surface area contributed by atoms with Gasteiger partial charge in [-0.05, 0) is 17.7 Å². The fraction of sp³-hybridized carbons (Fsp3) is 0.273. The number of nitrogens with two attached hydrogens (primary N) is 1. The van der Waals surface area contributed by atoms with Crippen molar-refractivity contribution in [3.8, 4) is 0 Å². The normalized spacial score (nSPS) is 14.9. The number of H-pyrrole nitrogens is 1. The molecule has 1 heterocycles. The maximum absolute atomic E-state index is 10.8. The third-order valence-electron chi connectivity index (χ3n) is 2.81. The Morgan fingerprint density at radius 3 is 3.00 bits per heavy atom. The van der Waals surface area contributed by atoms with Crippen LogP contribution in [-0.4, -0.2) is 27.3 Å². The molecule has 0 amide bonds. The van der Waals surface area contributed by atoms with Crippen LogP contribution >= 0.6 is 0 Å². The van der Waals surface area contributed by atoms with Crippen LogP contribution in [0.5, 0.6) is 0 Å². The molecule has 4 N–H and O–H groups in total. The van der Waals surface area contributed by atoms with Crippen LogP contribution in [-0.2, 0) is 4.79 Å². The number of carboxylic acid groups (broad SMARTS) is 1. The van der Waals surface area contributed by atoms with Gasteiger partial charge in [-0.3, -0.25) is 9.89 Å². The predicted octanol–water partition coefficient (Wildman–Crippen LogP) is 1.08. The van der Waals surface area contributed by atoms with Crippen LogP contribution in [0.2, 0.25) is 0 Å². The summed E-state index contributed by atoms with van der Waals surface area (Å²) in [5, 5.41) is 16.6. The number of nitrogens with zero attached hydrogens (tertiary/aromatic N) is 1. The van der Waals surface area contributed by atoms with Crippen molar-refractivity contribution in [1.82, 2.24) is 10.2 Å². The van der Waals surface area contributed by atoms with Gasteiger partial charge in [0.25, 0.3) is 0 Å². The van der Waals surface area contributed by atoms with E-state index in [9.17, 15) is 4.79 Å². The summed E-state index contributed by atoms with van der Waals surface area (Å²) >= 11 is 0. The second kappa shape index (κ2) is 3.94. The summed E-state index contributed by atoms with van der Waals surface area (Å²) in [7, 11) is 0. The SMILES string of the molecule is CC(c1ccc2[nH]ncc2c1)C(N)C(=O)O. The van der Waals surface area contributed by atoms with Gasteiger partial charge in [0, 0.05) is 11.3 Å². The van der Waals surface area contributed by atoms with Gasteiger partial charge in [-0.2, -0.15) is 5.10 Å². The van der Waals surface area contributed by atoms with Crippen molar-refractivity contribution in [2.75, 3.05) is 0 Å². The van der Waals surface area contributed by atoms with E-state index in [1.165, 1.54) is 0 Å². The van der Waals surface area contributed by atoms with E-state index in [1.54, 1.807) is 13.1 Å². The molecule has 0 saturated carbocycles. The Balaban J connectivity index is 2.35. The van der Waals surface area contributed by atoms with E-state index in [-0.39, 0.29) is 5.92 Å². The van der Waals surface area contributed by atoms with Gasteiger partial charge in [-0.25, -0.2) is 0 Å². The molecule has 0 bridgehead atoms. The molecule has 0 radical (unpaired) electrons. The number of hydrogen-bond donors (Lipinski definition) is 3. The van der Waals surface area contributed by atoms with Crippen LogP contribution in [0.3, 0.4) is 0 Å². The van der Waals surface area contributed by atoms with Crippen molar-refractivity contribution in [2.24, 2.45) is 5.73 Å². The van der Waals surface area contributed by atoms with E-state index >= 15 is 0 Å². The van der Waals surface area contributed by atoms with Gasteiger partial charge in [-0.1, -0.05) is 13.0 Å². The Hall–Kier alpha value is -1.88. The molecule has 84 valence electrons. The molecule has 5 nitrogen and oxygen atoms in total. The van der Waals surface area contributed by atoms with Gasteiger partial charge in [0.1, 0.15) is 6.04 Å². The number of rotatable bonds is 3. The first-order valence-electron chi connectivity index (χ1n) is 5.01. The van der Waals surface area contributed by atoms with Crippen LogP contribution in [0, 0.1) is 0 Å². The fourth-order valence-corrected chi connectivity index (χ4v) is 1.67. The quantitative estimate of drug-likeness (QED) is 0.720. The number of carbonyl (C=O) groups is 1. The van der Waals surface area contributed by atoms with Crippen LogP contribution in [0.1, 0.15) is 18.4 Å². The molecule has 0 aliphatic carbocycles. The molecule has 1 aromatic heterocycles. The molecule has 2 atom stereocenters. The number of aromatic nitrogens is 2. The molecule has 0 aliphatic heterocycles. The Bertz CT molecular complexity index is 521. The number of benzene rings is 1. The largest absolute Gasteiger partial charge is 0.480 e. The zero-order valence-electron chi connectivity index (χ0n) is 8.84. The van der Waals surface area contributed by atoms with E-state index in [0.29, 0.717) is 0 Å². The number of nitrogens with one attached hydrogen (secondary N) is 1. The number of hydrogen-bond acceptors (Lipinski definition) is 3. The first-order chi connectivity index (χ1) is 7.59. The van der Waals surface area contributed by atoms with Gasteiger partial charge in [-0.15, -0.1) is 0 Å². The Morgan fingerprint density at radius 1 is 1.56 bits per heavy atom. The molecular formula is C11H13N3O2. The Kier molecular flexibility index (Phi) is 2.62. The maximum atomic E-state index is 10.8. The van der Waals surface area contributed by atoms with E-state index in [0.717, 1.165) is 16.5 Å². The highest BCUT2D eigenvalue weighted by Gasteiger charge is 2.21. The summed E-state index contributed by atoms with van der Waals surface area (Å²) in [6.45, 7) is 1.81. The first-order valence-corrected chi connectivity index (χ1v) is 5.01. The second-order valence-electron chi connectivity index (χ2n) is 3.87. The standard InChI is InChI=1S/C11H13N3O2/c1-6(10(12)11(15)16)7-2-3-9-8(4-7)5-13-14-9/h2-6,10H,12H2,1H3,(H,13,14)(H,15,16). The van der Waals surface area contributed by atoms with Crippen molar-refractivity contribution < 1.29 is 9.90 Å². The molecule has 2 rings (SSSR count). The van der Waals surface area contributed by atoms with Crippen molar-refractivity contribution in [3.05, 3.63) is 30.0 Å². The molecule has 0 saturated heterocycles. The molecule has 5 heteroatoms. The maximum Gasteiger partial charge on any atom is 0.321 e. The molecule has 2 unspecified atom stereocenters. The van der Waals surface area contributed by atoms with Crippen LogP contribution in [0.25, 0.3) is 10.9 Å². The summed E-state index contributed by atoms with van der Waals surface area (Å²) in [5.41, 5.74) is 7.43. The summed E-state index contributed by atoms with van der Waals surface area (Å²) in [5.74, 6) is -1.21. The van der Waals surface area contributed by atoms with E-state index < -0.39 is 12.0 Å². The van der Waals surface area contributed by atoms with Gasteiger partial charge in [0.05, 0.1) is 11.7 Å². The zero-order chi connectivity index (χ0) is 11.7. The summed E-state index contributed by atoms with van der Waals surface area (Å²) in [6, 6.07) is 4.77. The molecule has 0 spiro atoms. The number of carboxylic acids is 1. The number of aromatic amines is 1. The minimum atomic E-state index is -0.986. The predicted molar refractivity (Wildman–Crippen MR) is 60.1 cm³/mol. The minimum Gasteiger partial charge on any atom is -0.480 e. The van der Waals surface area contributed by atoms with Crippen LogP contribution in [0.4, 0.5) is 0 Å². The highest BCUT2D eigenvalue weighted by Crippen LogP contribution is 2.22. The van der Waals surface area contributed by atoms with Crippen molar-refractivity contribution in [2.45, 2.75) is 18.9 Å². The highest BCUT2D eigenvalue weighted by molar-refractivity contribution is 5.79. The third-order valence-corrected chi connectivity index (χ3v) is 2.81. The number of aliphatic carboxylic acids is 1. The lowest BCUT2D eigenvalue weighted by atomic mass is 9.93. The van der Waals surface area contributed by atoms with Gasteiger partial charge >= 0.3 is 5.97 Å². The molecule has 0 aliphatic rings. The third kappa shape index (κ3) is 1.77. The Labute approximate surface area is 92.3 Å². The van der Waals surface area contributed by atoms with Crippen molar-refractivity contribution >= 4 is 16.9 Å². The number of fused-ring (bicyclic) bond motifs is 1. The Morgan fingerprint density at radius 2 is 2.31 bits per heavy atom. The molecule has 1 aromatic carbocycles. The average Bonchev–Trinajstić information content (AvgIpc) is 2.73. The lowest BCUT2D eigenvalue weighted by Crippen LogP contribution is -2.35. The summed E-state index contributed by atoms with van der Waals surface area (Å²) in [6.07, 6.45) is 1.71. The second-order valence-corrected chi connectivity index (χ2v) is 3.87. The van der Waals surface area contributed by atoms with E-state index in [1.807, 2.05) is 18.2 Å². The first kappa shape index (κ1) is 10.6.